The molecule has 2 aromatic carbocycles. The standard InChI is InChI=1S/C28H37O3P/c1-16-10-18(3)24(19(4)11-16)23(29)15-28(8,9)14-22(7)27(32-31)26(30)25-20(5)12-17(2)13-21(25)6/h10-13,22,27H,14-15H2,1-9H3. The van der Waals surface area contributed by atoms with Gasteiger partial charge in [-0.3, -0.25) is 14.2 Å². The van der Waals surface area contributed by atoms with Crippen molar-refractivity contribution in [3.8, 4) is 0 Å². The molecule has 0 spiro atoms. The van der Waals surface area contributed by atoms with Crippen LogP contribution in [0.1, 0.15) is 87.7 Å². The number of ketones is 2. The highest BCUT2D eigenvalue weighted by Crippen LogP contribution is 2.37. The summed E-state index contributed by atoms with van der Waals surface area (Å²) >= 11 is 0. The monoisotopic (exact) mass is 452 g/mol. The lowest BCUT2D eigenvalue weighted by atomic mass is 9.76. The summed E-state index contributed by atoms with van der Waals surface area (Å²) < 4.78 is 12.1. The van der Waals surface area contributed by atoms with Crippen LogP contribution in [0, 0.1) is 52.9 Å². The molecular weight excluding hydrogens is 415 g/mol. The van der Waals surface area contributed by atoms with Gasteiger partial charge in [0, 0.05) is 17.5 Å². The average Bonchev–Trinajstić information content (AvgIpc) is 2.59. The van der Waals surface area contributed by atoms with Crippen molar-refractivity contribution in [2.75, 3.05) is 0 Å². The zero-order valence-electron chi connectivity index (χ0n) is 21.1. The predicted molar refractivity (Wildman–Crippen MR) is 134 cm³/mol. The van der Waals surface area contributed by atoms with Crippen molar-refractivity contribution in [1.29, 1.82) is 0 Å². The first-order valence-electron chi connectivity index (χ1n) is 11.3. The molecule has 0 aliphatic rings. The van der Waals surface area contributed by atoms with Crippen molar-refractivity contribution >= 4 is 20.0 Å². The topological polar surface area (TPSA) is 51.2 Å². The van der Waals surface area contributed by atoms with E-state index in [1.807, 2.05) is 72.7 Å². The highest BCUT2D eigenvalue weighted by atomic mass is 31.1. The molecule has 0 aliphatic carbocycles. The Bertz CT molecular complexity index is 1000. The summed E-state index contributed by atoms with van der Waals surface area (Å²) in [6, 6.07) is 8.09. The minimum absolute atomic E-state index is 0.0727. The third-order valence-corrected chi connectivity index (χ3v) is 7.28. The van der Waals surface area contributed by atoms with Crippen LogP contribution in [-0.4, -0.2) is 17.2 Å². The number of benzene rings is 2. The molecular formula is C28H37O3P. The SMILES string of the molecule is Cc1cc(C)c(C(=O)CC(C)(C)CC(C)C(P=O)C(=O)c2c(C)cc(C)cc2C)c(C)c1. The van der Waals surface area contributed by atoms with E-state index < -0.39 is 5.66 Å². The summed E-state index contributed by atoms with van der Waals surface area (Å²) in [5.74, 6) is -0.0636. The van der Waals surface area contributed by atoms with Gasteiger partial charge in [0.05, 0.1) is 0 Å². The van der Waals surface area contributed by atoms with Crippen molar-refractivity contribution in [2.24, 2.45) is 11.3 Å². The molecule has 0 amide bonds. The summed E-state index contributed by atoms with van der Waals surface area (Å²) in [6.45, 7) is 18.0. The molecule has 2 unspecified atom stereocenters. The number of carbonyl (C=O) groups is 2. The quantitative estimate of drug-likeness (QED) is 0.289. The van der Waals surface area contributed by atoms with E-state index >= 15 is 0 Å². The first-order chi connectivity index (χ1) is 14.8. The molecule has 4 heteroatoms. The summed E-state index contributed by atoms with van der Waals surface area (Å²) in [4.78, 5) is 26.5. The number of hydrogen-bond acceptors (Lipinski definition) is 3. The van der Waals surface area contributed by atoms with E-state index in [9.17, 15) is 14.2 Å². The van der Waals surface area contributed by atoms with Crippen LogP contribution in [0.3, 0.4) is 0 Å². The van der Waals surface area contributed by atoms with Crippen LogP contribution in [0.25, 0.3) is 0 Å². The number of hydrogen-bond donors (Lipinski definition) is 0. The molecule has 0 bridgehead atoms. The van der Waals surface area contributed by atoms with Gasteiger partial charge in [0.25, 0.3) is 0 Å². The number of rotatable bonds is 9. The number of aryl methyl sites for hydroxylation is 6. The zero-order chi connectivity index (χ0) is 24.4. The lowest BCUT2D eigenvalue weighted by Crippen LogP contribution is -2.29. The van der Waals surface area contributed by atoms with Crippen LogP contribution in [0.2, 0.25) is 0 Å². The zero-order valence-corrected chi connectivity index (χ0v) is 21.9. The summed E-state index contributed by atoms with van der Waals surface area (Å²) in [5.41, 5.74) is 6.67. The minimum Gasteiger partial charge on any atom is -0.294 e. The first-order valence-corrected chi connectivity index (χ1v) is 12.2. The van der Waals surface area contributed by atoms with Crippen molar-refractivity contribution in [1.82, 2.24) is 0 Å². The van der Waals surface area contributed by atoms with Crippen molar-refractivity contribution in [3.05, 3.63) is 68.8 Å². The molecule has 0 aromatic heterocycles. The van der Waals surface area contributed by atoms with Gasteiger partial charge < -0.3 is 0 Å². The molecule has 0 saturated carbocycles. The third-order valence-electron chi connectivity index (χ3n) is 6.31. The number of Topliss-reactive ketones (excluding diaryl/α,β-unsaturated/α-hetero) is 2. The largest absolute Gasteiger partial charge is 0.294 e. The van der Waals surface area contributed by atoms with E-state index in [1.54, 1.807) is 0 Å². The minimum atomic E-state index is -0.618. The summed E-state index contributed by atoms with van der Waals surface area (Å²) in [7, 11) is -0.165. The Morgan fingerprint density at radius 3 is 1.62 bits per heavy atom. The Balaban J connectivity index is 2.22. The van der Waals surface area contributed by atoms with Gasteiger partial charge in [0.2, 0.25) is 0 Å². The van der Waals surface area contributed by atoms with Crippen LogP contribution >= 0.6 is 8.46 Å². The van der Waals surface area contributed by atoms with E-state index in [4.69, 9.17) is 0 Å². The van der Waals surface area contributed by atoms with Gasteiger partial charge in [-0.05, 0) is 81.5 Å². The molecule has 32 heavy (non-hydrogen) atoms. The smallest absolute Gasteiger partial charge is 0.178 e. The second-order valence-corrected chi connectivity index (χ2v) is 11.2. The van der Waals surface area contributed by atoms with E-state index in [0.29, 0.717) is 18.4 Å². The molecule has 0 N–H and O–H groups in total. The van der Waals surface area contributed by atoms with Crippen LogP contribution in [-0.2, 0) is 4.57 Å². The van der Waals surface area contributed by atoms with Crippen LogP contribution < -0.4 is 0 Å². The van der Waals surface area contributed by atoms with E-state index in [0.717, 1.165) is 38.9 Å². The molecule has 0 heterocycles. The van der Waals surface area contributed by atoms with Gasteiger partial charge in [-0.1, -0.05) is 56.2 Å². The molecule has 172 valence electrons. The van der Waals surface area contributed by atoms with Crippen LogP contribution in [0.4, 0.5) is 0 Å². The Kier molecular flexibility index (Phi) is 8.34. The predicted octanol–water partition coefficient (Wildman–Crippen LogP) is 7.71. The number of carbonyl (C=O) groups excluding carboxylic acids is 2. The molecule has 0 aliphatic heterocycles. The normalized spacial score (nSPS) is 13.8. The Morgan fingerprint density at radius 1 is 0.812 bits per heavy atom. The van der Waals surface area contributed by atoms with Crippen LogP contribution in [0.5, 0.6) is 0 Å². The molecule has 2 aromatic rings. The molecule has 2 atom stereocenters. The van der Waals surface area contributed by atoms with Crippen molar-refractivity contribution < 1.29 is 14.2 Å². The first kappa shape index (κ1) is 26.1. The third kappa shape index (κ3) is 6.01. The molecule has 3 nitrogen and oxygen atoms in total. The lowest BCUT2D eigenvalue weighted by molar-refractivity contribution is 0.0903. The molecule has 0 fully saturated rings. The van der Waals surface area contributed by atoms with Gasteiger partial charge in [0.1, 0.15) is 5.66 Å². The fourth-order valence-corrected chi connectivity index (χ4v) is 5.86. The highest BCUT2D eigenvalue weighted by molar-refractivity contribution is 7.26. The maximum atomic E-state index is 13.3. The average molecular weight is 453 g/mol. The van der Waals surface area contributed by atoms with Gasteiger partial charge in [0.15, 0.2) is 20.0 Å². The molecule has 2 rings (SSSR count). The van der Waals surface area contributed by atoms with Gasteiger partial charge in [-0.25, -0.2) is 0 Å². The fraction of sp³-hybridized carbons (Fsp3) is 0.500. The highest BCUT2D eigenvalue weighted by Gasteiger charge is 2.34. The van der Waals surface area contributed by atoms with Crippen LogP contribution in [0.15, 0.2) is 24.3 Å². The van der Waals surface area contributed by atoms with Gasteiger partial charge >= 0.3 is 0 Å². The van der Waals surface area contributed by atoms with Gasteiger partial charge in [-0.2, -0.15) is 0 Å². The second kappa shape index (κ2) is 10.2. The fourth-order valence-electron chi connectivity index (χ4n) is 5.33. The summed E-state index contributed by atoms with van der Waals surface area (Å²) in [5, 5.41) is 0. The Labute approximate surface area is 195 Å². The Hall–Kier alpha value is -2.12. The van der Waals surface area contributed by atoms with E-state index in [1.165, 1.54) is 0 Å². The Morgan fingerprint density at radius 2 is 1.22 bits per heavy atom. The van der Waals surface area contributed by atoms with E-state index in [-0.39, 0.29) is 31.4 Å². The summed E-state index contributed by atoms with van der Waals surface area (Å²) in [6.07, 6.45) is 1.03. The molecule has 0 saturated heterocycles. The molecule has 0 radical (unpaired) electrons. The van der Waals surface area contributed by atoms with Crippen molar-refractivity contribution in [3.63, 3.8) is 0 Å². The maximum Gasteiger partial charge on any atom is 0.178 e. The van der Waals surface area contributed by atoms with E-state index in [2.05, 4.69) is 13.8 Å². The van der Waals surface area contributed by atoms with Crippen molar-refractivity contribution in [2.45, 2.75) is 80.8 Å². The maximum absolute atomic E-state index is 13.3. The second-order valence-electron chi connectivity index (χ2n) is 10.4. The van der Waals surface area contributed by atoms with Gasteiger partial charge in [-0.15, -0.1) is 0 Å². The lowest BCUT2D eigenvalue weighted by Gasteiger charge is -2.30.